The number of anilines is 1. The SMILES string of the molecule is O=C1CCON1c1ccccc1C1CNCCO1. The highest BCUT2D eigenvalue weighted by atomic mass is 16.7. The zero-order valence-corrected chi connectivity index (χ0v) is 10.1. The summed E-state index contributed by atoms with van der Waals surface area (Å²) in [5.41, 5.74) is 1.80. The standard InChI is InChI=1S/C13H16N2O3/c16-13-5-7-18-15(13)11-4-2-1-3-10(11)12-9-14-6-8-17-12/h1-4,12,14H,5-9H2. The highest BCUT2D eigenvalue weighted by molar-refractivity contribution is 5.93. The Hall–Kier alpha value is -1.43. The number of nitrogens with one attached hydrogen (secondary N) is 1. The van der Waals surface area contributed by atoms with Gasteiger partial charge in [-0.25, -0.2) is 0 Å². The Bertz CT molecular complexity index is 444. The number of carbonyl (C=O) groups is 1. The van der Waals surface area contributed by atoms with E-state index in [9.17, 15) is 4.79 Å². The van der Waals surface area contributed by atoms with Gasteiger partial charge in [0.2, 0.25) is 0 Å². The van der Waals surface area contributed by atoms with E-state index in [0.717, 1.165) is 24.3 Å². The monoisotopic (exact) mass is 248 g/mol. The average molecular weight is 248 g/mol. The highest BCUT2D eigenvalue weighted by Gasteiger charge is 2.28. The van der Waals surface area contributed by atoms with Gasteiger partial charge in [-0.05, 0) is 6.07 Å². The fourth-order valence-corrected chi connectivity index (χ4v) is 2.31. The van der Waals surface area contributed by atoms with Crippen molar-refractivity contribution in [2.24, 2.45) is 0 Å². The summed E-state index contributed by atoms with van der Waals surface area (Å²) >= 11 is 0. The molecule has 0 aromatic heterocycles. The summed E-state index contributed by atoms with van der Waals surface area (Å²) in [6.07, 6.45) is 0.421. The number of nitrogens with zero attached hydrogens (tertiary/aromatic N) is 1. The van der Waals surface area contributed by atoms with Crippen LogP contribution in [0.4, 0.5) is 5.69 Å². The van der Waals surface area contributed by atoms with Crippen LogP contribution in [-0.4, -0.2) is 32.2 Å². The maximum absolute atomic E-state index is 11.8. The summed E-state index contributed by atoms with van der Waals surface area (Å²) in [5, 5.41) is 4.69. The molecule has 2 aliphatic rings. The second-order valence-electron chi connectivity index (χ2n) is 4.39. The zero-order chi connectivity index (χ0) is 12.4. The van der Waals surface area contributed by atoms with Crippen LogP contribution in [0.25, 0.3) is 0 Å². The van der Waals surface area contributed by atoms with E-state index >= 15 is 0 Å². The van der Waals surface area contributed by atoms with E-state index in [4.69, 9.17) is 9.57 Å². The fraction of sp³-hybridized carbons (Fsp3) is 0.462. The molecule has 5 heteroatoms. The molecule has 18 heavy (non-hydrogen) atoms. The van der Waals surface area contributed by atoms with Crippen LogP contribution in [0.2, 0.25) is 0 Å². The predicted octanol–water partition coefficient (Wildman–Crippen LogP) is 1.02. The van der Waals surface area contributed by atoms with Crippen molar-refractivity contribution in [2.45, 2.75) is 12.5 Å². The van der Waals surface area contributed by atoms with E-state index in [0.29, 0.717) is 19.6 Å². The summed E-state index contributed by atoms with van der Waals surface area (Å²) in [4.78, 5) is 17.1. The minimum absolute atomic E-state index is 0.00576. The molecule has 5 nitrogen and oxygen atoms in total. The number of para-hydroxylation sites is 1. The van der Waals surface area contributed by atoms with Crippen molar-refractivity contribution in [3.8, 4) is 0 Å². The highest BCUT2D eigenvalue weighted by Crippen LogP contribution is 2.31. The third-order valence-electron chi connectivity index (χ3n) is 3.19. The van der Waals surface area contributed by atoms with Crippen LogP contribution < -0.4 is 10.4 Å². The van der Waals surface area contributed by atoms with Gasteiger partial charge in [0.05, 0.1) is 31.4 Å². The Kier molecular flexibility index (Phi) is 3.27. The van der Waals surface area contributed by atoms with E-state index in [1.54, 1.807) is 0 Å². The lowest BCUT2D eigenvalue weighted by Crippen LogP contribution is -2.34. The van der Waals surface area contributed by atoms with Crippen molar-refractivity contribution in [3.63, 3.8) is 0 Å². The third-order valence-corrected chi connectivity index (χ3v) is 3.19. The van der Waals surface area contributed by atoms with Gasteiger partial charge in [0.15, 0.2) is 0 Å². The van der Waals surface area contributed by atoms with Gasteiger partial charge < -0.3 is 10.1 Å². The van der Waals surface area contributed by atoms with Crippen molar-refractivity contribution in [3.05, 3.63) is 29.8 Å². The number of hydroxylamine groups is 1. The predicted molar refractivity (Wildman–Crippen MR) is 66.1 cm³/mol. The zero-order valence-electron chi connectivity index (χ0n) is 10.1. The van der Waals surface area contributed by atoms with Crippen LogP contribution in [0.1, 0.15) is 18.1 Å². The maximum atomic E-state index is 11.8. The molecule has 2 aliphatic heterocycles. The number of rotatable bonds is 2. The molecule has 1 atom stereocenters. The molecule has 1 aromatic rings. The second kappa shape index (κ2) is 5.06. The molecular weight excluding hydrogens is 232 g/mol. The Balaban J connectivity index is 1.91. The van der Waals surface area contributed by atoms with Gasteiger partial charge in [0, 0.05) is 18.7 Å². The molecule has 0 bridgehead atoms. The molecule has 1 N–H and O–H groups in total. The average Bonchev–Trinajstić information content (AvgIpc) is 2.86. The van der Waals surface area contributed by atoms with Crippen LogP contribution in [0.15, 0.2) is 24.3 Å². The lowest BCUT2D eigenvalue weighted by atomic mass is 10.1. The van der Waals surface area contributed by atoms with Crippen molar-refractivity contribution in [2.75, 3.05) is 31.4 Å². The van der Waals surface area contributed by atoms with Gasteiger partial charge in [0.1, 0.15) is 0 Å². The third kappa shape index (κ3) is 2.12. The van der Waals surface area contributed by atoms with Gasteiger partial charge >= 0.3 is 0 Å². The Morgan fingerprint density at radius 2 is 2.17 bits per heavy atom. The van der Waals surface area contributed by atoms with E-state index in [-0.39, 0.29) is 12.0 Å². The van der Waals surface area contributed by atoms with Gasteiger partial charge in [-0.2, -0.15) is 5.06 Å². The quantitative estimate of drug-likeness (QED) is 0.849. The first-order valence-corrected chi connectivity index (χ1v) is 6.23. The van der Waals surface area contributed by atoms with Gasteiger partial charge in [-0.15, -0.1) is 0 Å². The second-order valence-corrected chi connectivity index (χ2v) is 4.39. The Labute approximate surface area is 106 Å². The van der Waals surface area contributed by atoms with E-state index < -0.39 is 0 Å². The summed E-state index contributed by atoms with van der Waals surface area (Å²) in [5.74, 6) is 0.00576. The van der Waals surface area contributed by atoms with Crippen molar-refractivity contribution >= 4 is 11.6 Å². The molecule has 0 radical (unpaired) electrons. The van der Waals surface area contributed by atoms with E-state index in [1.807, 2.05) is 24.3 Å². The molecule has 1 amide bonds. The number of carbonyl (C=O) groups excluding carboxylic acids is 1. The molecule has 0 spiro atoms. The molecule has 2 saturated heterocycles. The minimum Gasteiger partial charge on any atom is -0.371 e. The van der Waals surface area contributed by atoms with Crippen LogP contribution in [0, 0.1) is 0 Å². The molecular formula is C13H16N2O3. The first kappa shape index (κ1) is 11.6. The molecule has 1 unspecified atom stereocenters. The number of hydrogen-bond acceptors (Lipinski definition) is 4. The lowest BCUT2D eigenvalue weighted by molar-refractivity contribution is -0.119. The molecule has 3 rings (SSSR count). The first-order chi connectivity index (χ1) is 8.86. The molecule has 0 saturated carbocycles. The normalized spacial score (nSPS) is 24.6. The summed E-state index contributed by atoms with van der Waals surface area (Å²) < 4.78 is 5.74. The van der Waals surface area contributed by atoms with E-state index in [1.165, 1.54) is 5.06 Å². The summed E-state index contributed by atoms with van der Waals surface area (Å²) in [6, 6.07) is 7.75. The van der Waals surface area contributed by atoms with Gasteiger partial charge in [0.25, 0.3) is 5.91 Å². The number of morpholine rings is 1. The topological polar surface area (TPSA) is 50.8 Å². The Morgan fingerprint density at radius 1 is 1.28 bits per heavy atom. The molecule has 2 fully saturated rings. The fourth-order valence-electron chi connectivity index (χ4n) is 2.31. The Morgan fingerprint density at radius 3 is 2.89 bits per heavy atom. The smallest absolute Gasteiger partial charge is 0.253 e. The summed E-state index contributed by atoms with van der Waals surface area (Å²) in [6.45, 7) is 2.78. The maximum Gasteiger partial charge on any atom is 0.253 e. The van der Waals surface area contributed by atoms with Crippen molar-refractivity contribution in [1.82, 2.24) is 5.32 Å². The van der Waals surface area contributed by atoms with Crippen LogP contribution in [0.3, 0.4) is 0 Å². The molecule has 96 valence electrons. The first-order valence-electron chi connectivity index (χ1n) is 6.23. The van der Waals surface area contributed by atoms with E-state index in [2.05, 4.69) is 5.32 Å². The minimum atomic E-state index is -0.0213. The van der Waals surface area contributed by atoms with Gasteiger partial charge in [-0.3, -0.25) is 9.63 Å². The van der Waals surface area contributed by atoms with Crippen molar-refractivity contribution < 1.29 is 14.4 Å². The lowest BCUT2D eigenvalue weighted by Gasteiger charge is -2.27. The van der Waals surface area contributed by atoms with Crippen LogP contribution >= 0.6 is 0 Å². The number of ether oxygens (including phenoxy) is 1. The number of hydrogen-bond donors (Lipinski definition) is 1. The van der Waals surface area contributed by atoms with Crippen LogP contribution in [-0.2, 0) is 14.4 Å². The largest absolute Gasteiger partial charge is 0.371 e. The van der Waals surface area contributed by atoms with Crippen LogP contribution in [0.5, 0.6) is 0 Å². The molecule has 1 aromatic carbocycles. The number of benzene rings is 1. The summed E-state index contributed by atoms with van der Waals surface area (Å²) in [7, 11) is 0. The molecule has 2 heterocycles. The van der Waals surface area contributed by atoms with Crippen molar-refractivity contribution in [1.29, 1.82) is 0 Å². The molecule has 0 aliphatic carbocycles. The van der Waals surface area contributed by atoms with Gasteiger partial charge in [-0.1, -0.05) is 18.2 Å². The number of amides is 1.